The lowest BCUT2D eigenvalue weighted by Crippen LogP contribution is -2.53. The highest BCUT2D eigenvalue weighted by atomic mass is 35.5. The number of hydrogen-bond donors (Lipinski definition) is 3. The zero-order chi connectivity index (χ0) is 18.5. The lowest BCUT2D eigenvalue weighted by atomic mass is 9.99. The molecule has 3 N–H and O–H groups in total. The molecule has 2 aliphatic heterocycles. The Balaban J connectivity index is 0.00000261. The molecular formula is C19H27Cl2N3O2S. The monoisotopic (exact) mass is 431 g/mol. The van der Waals surface area contributed by atoms with E-state index in [1.165, 1.54) is 12.8 Å². The third-order valence-electron chi connectivity index (χ3n) is 5.17. The molecule has 0 aliphatic carbocycles. The van der Waals surface area contributed by atoms with Gasteiger partial charge >= 0.3 is 0 Å². The lowest BCUT2D eigenvalue weighted by Gasteiger charge is -2.31. The lowest BCUT2D eigenvalue weighted by molar-refractivity contribution is -0.124. The molecule has 0 spiro atoms. The van der Waals surface area contributed by atoms with Gasteiger partial charge in [-0.1, -0.05) is 23.7 Å². The summed E-state index contributed by atoms with van der Waals surface area (Å²) in [6.45, 7) is 0. The van der Waals surface area contributed by atoms with Gasteiger partial charge in [0.1, 0.15) is 6.04 Å². The number of carbonyl (C=O) groups excluding carboxylic acids is 2. The molecule has 2 aliphatic rings. The van der Waals surface area contributed by atoms with Gasteiger partial charge in [-0.25, -0.2) is 0 Å². The molecule has 150 valence electrons. The number of carbonyl (C=O) groups is 2. The van der Waals surface area contributed by atoms with Crippen LogP contribution in [0.25, 0.3) is 0 Å². The van der Waals surface area contributed by atoms with Crippen molar-refractivity contribution >= 4 is 47.6 Å². The molecule has 3 unspecified atom stereocenters. The molecule has 2 fully saturated rings. The molecule has 0 aromatic heterocycles. The van der Waals surface area contributed by atoms with Crippen LogP contribution in [-0.4, -0.2) is 48.0 Å². The van der Waals surface area contributed by atoms with Crippen LogP contribution in [0.15, 0.2) is 24.3 Å². The Morgan fingerprint density at radius 1 is 1.26 bits per heavy atom. The molecule has 3 rings (SSSR count). The average molecular weight is 432 g/mol. The first-order chi connectivity index (χ1) is 12.6. The highest BCUT2D eigenvalue weighted by Crippen LogP contribution is 2.26. The van der Waals surface area contributed by atoms with Crippen molar-refractivity contribution in [2.24, 2.45) is 0 Å². The number of nitrogens with one attached hydrogen (secondary N) is 3. The van der Waals surface area contributed by atoms with Crippen molar-refractivity contribution in [2.45, 2.75) is 56.3 Å². The number of halogens is 2. The van der Waals surface area contributed by atoms with Gasteiger partial charge in [-0.15, -0.1) is 12.4 Å². The van der Waals surface area contributed by atoms with Gasteiger partial charge in [-0.3, -0.25) is 9.59 Å². The number of amides is 2. The Bertz CT molecular complexity index is 650. The largest absolute Gasteiger partial charge is 0.351 e. The Hall–Kier alpha value is -0.950. The highest BCUT2D eigenvalue weighted by molar-refractivity contribution is 7.98. The maximum absolute atomic E-state index is 12.8. The fraction of sp³-hybridized carbons (Fsp3) is 0.579. The van der Waals surface area contributed by atoms with Gasteiger partial charge in [-0.2, -0.15) is 11.8 Å². The van der Waals surface area contributed by atoms with E-state index < -0.39 is 6.04 Å². The topological polar surface area (TPSA) is 70.2 Å². The number of rotatable bonds is 7. The average Bonchev–Trinajstić information content (AvgIpc) is 2.97. The second-order valence-corrected chi connectivity index (χ2v) is 8.49. The number of piperidine rings is 1. The summed E-state index contributed by atoms with van der Waals surface area (Å²) in [5, 5.41) is 10.0. The van der Waals surface area contributed by atoms with Crippen molar-refractivity contribution in [3.05, 3.63) is 34.9 Å². The molecule has 2 heterocycles. The van der Waals surface area contributed by atoms with Crippen molar-refractivity contribution in [3.63, 3.8) is 0 Å². The van der Waals surface area contributed by atoms with Crippen LogP contribution in [0.1, 0.15) is 42.5 Å². The summed E-state index contributed by atoms with van der Waals surface area (Å²) in [4.78, 5) is 25.4. The van der Waals surface area contributed by atoms with E-state index in [1.54, 1.807) is 36.0 Å². The van der Waals surface area contributed by atoms with Crippen molar-refractivity contribution in [1.82, 2.24) is 16.0 Å². The maximum Gasteiger partial charge on any atom is 0.253 e. The minimum Gasteiger partial charge on any atom is -0.351 e. The van der Waals surface area contributed by atoms with Gasteiger partial charge in [0.15, 0.2) is 0 Å². The van der Waals surface area contributed by atoms with Crippen LogP contribution in [-0.2, 0) is 4.79 Å². The third-order valence-corrected chi connectivity index (χ3v) is 6.14. The quantitative estimate of drug-likeness (QED) is 0.620. The summed E-state index contributed by atoms with van der Waals surface area (Å²) in [6.07, 6.45) is 6.91. The predicted octanol–water partition coefficient (Wildman–Crippen LogP) is 3.01. The van der Waals surface area contributed by atoms with E-state index in [2.05, 4.69) is 16.0 Å². The number of thioether (sulfide) groups is 1. The van der Waals surface area contributed by atoms with E-state index in [0.717, 1.165) is 18.6 Å². The van der Waals surface area contributed by atoms with Gasteiger partial charge in [0, 0.05) is 18.1 Å². The minimum atomic E-state index is -0.543. The van der Waals surface area contributed by atoms with Gasteiger partial charge in [0.2, 0.25) is 5.91 Å². The number of benzene rings is 1. The summed E-state index contributed by atoms with van der Waals surface area (Å²) < 4.78 is 0. The van der Waals surface area contributed by atoms with Crippen molar-refractivity contribution in [2.75, 3.05) is 12.0 Å². The van der Waals surface area contributed by atoms with Crippen molar-refractivity contribution in [1.29, 1.82) is 0 Å². The normalized spacial score (nSPS) is 24.6. The number of fused-ring (bicyclic) bond motifs is 2. The van der Waals surface area contributed by atoms with Gasteiger partial charge in [-0.05, 0) is 56.2 Å². The first-order valence-corrected chi connectivity index (χ1v) is 10.9. The second kappa shape index (κ2) is 10.6. The van der Waals surface area contributed by atoms with E-state index in [0.29, 0.717) is 29.1 Å². The minimum absolute atomic E-state index is 0. The van der Waals surface area contributed by atoms with E-state index in [9.17, 15) is 9.59 Å². The molecule has 27 heavy (non-hydrogen) atoms. The zero-order valence-corrected chi connectivity index (χ0v) is 17.8. The Morgan fingerprint density at radius 3 is 2.56 bits per heavy atom. The zero-order valence-electron chi connectivity index (χ0n) is 15.4. The van der Waals surface area contributed by atoms with Gasteiger partial charge in [0.25, 0.3) is 5.91 Å². The molecule has 3 atom stereocenters. The molecule has 2 amide bonds. The van der Waals surface area contributed by atoms with E-state index >= 15 is 0 Å². The Morgan fingerprint density at radius 2 is 1.93 bits per heavy atom. The molecule has 2 saturated heterocycles. The van der Waals surface area contributed by atoms with Crippen LogP contribution in [0.2, 0.25) is 5.02 Å². The van der Waals surface area contributed by atoms with Crippen LogP contribution in [0.5, 0.6) is 0 Å². The van der Waals surface area contributed by atoms with Crippen LogP contribution < -0.4 is 16.0 Å². The fourth-order valence-corrected chi connectivity index (χ4v) is 4.56. The maximum atomic E-state index is 12.8. The summed E-state index contributed by atoms with van der Waals surface area (Å²) >= 11 is 7.77. The molecule has 1 aromatic rings. The Labute approximate surface area is 176 Å². The third kappa shape index (κ3) is 6.01. The first kappa shape index (κ1) is 22.3. The van der Waals surface area contributed by atoms with Crippen LogP contribution in [0.3, 0.4) is 0 Å². The molecule has 2 bridgehead atoms. The van der Waals surface area contributed by atoms with E-state index in [1.807, 2.05) is 6.26 Å². The first-order valence-electron chi connectivity index (χ1n) is 9.17. The predicted molar refractivity (Wildman–Crippen MR) is 114 cm³/mol. The number of hydrogen-bond acceptors (Lipinski definition) is 4. The fourth-order valence-electron chi connectivity index (χ4n) is 3.86. The second-order valence-electron chi connectivity index (χ2n) is 7.10. The summed E-state index contributed by atoms with van der Waals surface area (Å²) in [5.74, 6) is 0.409. The van der Waals surface area contributed by atoms with E-state index in [-0.39, 0.29) is 30.3 Å². The molecule has 0 saturated carbocycles. The van der Waals surface area contributed by atoms with Crippen LogP contribution >= 0.6 is 35.8 Å². The summed E-state index contributed by atoms with van der Waals surface area (Å²) in [6, 6.07) is 7.58. The smallest absolute Gasteiger partial charge is 0.253 e. The van der Waals surface area contributed by atoms with Crippen molar-refractivity contribution < 1.29 is 9.59 Å². The van der Waals surface area contributed by atoms with Gasteiger partial charge in [0.05, 0.1) is 10.6 Å². The molecule has 1 aromatic carbocycles. The van der Waals surface area contributed by atoms with E-state index in [4.69, 9.17) is 11.6 Å². The standard InChI is InChI=1S/C19H26ClN3O2S.ClH/c1-26-9-8-17(23-18(24)15-4-2-3-5-16(15)20)19(25)22-14-10-12-6-7-13(11-14)21-12;/h2-5,12-14,17,21H,6-11H2,1H3,(H,22,25)(H,23,24);1H. The highest BCUT2D eigenvalue weighted by Gasteiger charge is 2.35. The molecule has 0 radical (unpaired) electrons. The molecule has 8 heteroatoms. The van der Waals surface area contributed by atoms with Crippen LogP contribution in [0, 0.1) is 0 Å². The van der Waals surface area contributed by atoms with Crippen molar-refractivity contribution in [3.8, 4) is 0 Å². The summed E-state index contributed by atoms with van der Waals surface area (Å²) in [7, 11) is 0. The molecular weight excluding hydrogens is 405 g/mol. The van der Waals surface area contributed by atoms with Gasteiger partial charge < -0.3 is 16.0 Å². The SMILES string of the molecule is CSCCC(NC(=O)c1ccccc1Cl)C(=O)NC1CC2CCC(C1)N2.Cl. The molecule has 5 nitrogen and oxygen atoms in total. The Kier molecular flexibility index (Phi) is 8.73. The van der Waals surface area contributed by atoms with Crippen LogP contribution in [0.4, 0.5) is 0 Å². The summed E-state index contributed by atoms with van der Waals surface area (Å²) in [5.41, 5.74) is 0.399.